The van der Waals surface area contributed by atoms with Gasteiger partial charge in [0.2, 0.25) is 11.8 Å². The van der Waals surface area contributed by atoms with Crippen LogP contribution in [0.2, 0.25) is 0 Å². The summed E-state index contributed by atoms with van der Waals surface area (Å²) in [5.41, 5.74) is 5.53. The summed E-state index contributed by atoms with van der Waals surface area (Å²) in [7, 11) is 0. The highest BCUT2D eigenvalue weighted by molar-refractivity contribution is 5.97. The minimum absolute atomic E-state index is 0.116. The van der Waals surface area contributed by atoms with Gasteiger partial charge in [0.15, 0.2) is 0 Å². The zero-order chi connectivity index (χ0) is 19.6. The van der Waals surface area contributed by atoms with Crippen LogP contribution >= 0.6 is 0 Å². The Morgan fingerprint density at radius 1 is 1.00 bits per heavy atom. The van der Waals surface area contributed by atoms with Crippen molar-refractivity contribution in [1.82, 2.24) is 10.9 Å². The summed E-state index contributed by atoms with van der Waals surface area (Å²) in [6, 6.07) is 6.22. The van der Waals surface area contributed by atoms with Crippen LogP contribution in [-0.4, -0.2) is 28.8 Å². The molecular formula is C19H21N3O5. The number of hydrogen-bond donors (Lipinski definition) is 4. The third kappa shape index (κ3) is 3.84. The zero-order valence-corrected chi connectivity index (χ0v) is 14.8. The second kappa shape index (κ2) is 7.61. The maximum absolute atomic E-state index is 12.4. The largest absolute Gasteiger partial charge is 0.481 e. The average molecular weight is 371 g/mol. The molecule has 3 rings (SSSR count). The van der Waals surface area contributed by atoms with Gasteiger partial charge in [0.05, 0.1) is 11.8 Å². The Hall–Kier alpha value is -3.16. The van der Waals surface area contributed by atoms with Crippen LogP contribution in [0.1, 0.15) is 30.1 Å². The number of amides is 3. The highest BCUT2D eigenvalue weighted by Gasteiger charge is 2.51. The number of rotatable bonds is 5. The fourth-order valence-electron chi connectivity index (χ4n) is 3.74. The maximum atomic E-state index is 12.4. The van der Waals surface area contributed by atoms with Crippen LogP contribution in [0.15, 0.2) is 36.4 Å². The van der Waals surface area contributed by atoms with Gasteiger partial charge >= 0.3 is 5.97 Å². The lowest BCUT2D eigenvalue weighted by Crippen LogP contribution is -2.48. The van der Waals surface area contributed by atoms with Crippen LogP contribution < -0.4 is 16.2 Å². The van der Waals surface area contributed by atoms with Gasteiger partial charge in [0.25, 0.3) is 5.91 Å². The Morgan fingerprint density at radius 3 is 2.22 bits per heavy atom. The predicted octanol–water partition coefficient (Wildman–Crippen LogP) is 1.32. The molecule has 8 heteroatoms. The molecule has 4 atom stereocenters. The van der Waals surface area contributed by atoms with Crippen molar-refractivity contribution in [3.05, 3.63) is 42.0 Å². The van der Waals surface area contributed by atoms with E-state index in [1.54, 1.807) is 19.1 Å². The quantitative estimate of drug-likeness (QED) is 0.459. The molecule has 1 aromatic rings. The third-order valence-corrected chi connectivity index (χ3v) is 5.10. The van der Waals surface area contributed by atoms with E-state index in [9.17, 15) is 24.3 Å². The molecule has 4 N–H and O–H groups in total. The van der Waals surface area contributed by atoms with E-state index in [4.69, 9.17) is 0 Å². The van der Waals surface area contributed by atoms with Crippen LogP contribution in [0.25, 0.3) is 0 Å². The summed E-state index contributed by atoms with van der Waals surface area (Å²) in [5.74, 6) is -3.86. The van der Waals surface area contributed by atoms with Gasteiger partial charge in [0, 0.05) is 17.7 Å². The molecule has 27 heavy (non-hydrogen) atoms. The average Bonchev–Trinajstić information content (AvgIpc) is 3.27. The molecule has 0 aromatic heterocycles. The first-order valence-corrected chi connectivity index (χ1v) is 8.82. The van der Waals surface area contributed by atoms with Crippen molar-refractivity contribution in [2.24, 2.45) is 23.7 Å². The van der Waals surface area contributed by atoms with Gasteiger partial charge in [-0.25, -0.2) is 0 Å². The molecule has 0 spiro atoms. The molecule has 2 aliphatic rings. The molecule has 1 aromatic carbocycles. The number of nitrogens with one attached hydrogen (secondary N) is 3. The number of carbonyl (C=O) groups excluding carboxylic acids is 3. The Kier molecular flexibility index (Phi) is 5.25. The van der Waals surface area contributed by atoms with E-state index >= 15 is 0 Å². The number of carboxylic acid groups (broad SMARTS) is 1. The van der Waals surface area contributed by atoms with Crippen molar-refractivity contribution in [1.29, 1.82) is 0 Å². The molecule has 3 amide bonds. The Labute approximate surface area is 156 Å². The maximum Gasteiger partial charge on any atom is 0.307 e. The van der Waals surface area contributed by atoms with Crippen LogP contribution in [0.5, 0.6) is 0 Å². The number of aliphatic carboxylic acids is 1. The van der Waals surface area contributed by atoms with E-state index in [0.29, 0.717) is 24.1 Å². The SMILES string of the molecule is CCC(=O)Nc1ccc(C(=O)NNC(=O)[C@H]2[C@H](C(=O)O)[C@H]3C=C[C@H]2C3)cc1. The summed E-state index contributed by atoms with van der Waals surface area (Å²) in [4.78, 5) is 47.4. The van der Waals surface area contributed by atoms with Gasteiger partial charge in [-0.2, -0.15) is 0 Å². The lowest BCUT2D eigenvalue weighted by atomic mass is 9.82. The minimum Gasteiger partial charge on any atom is -0.481 e. The summed E-state index contributed by atoms with van der Waals surface area (Å²) in [6.45, 7) is 1.74. The van der Waals surface area contributed by atoms with E-state index in [0.717, 1.165) is 0 Å². The standard InChI is InChI=1S/C19H21N3O5/c1-2-14(23)20-13-7-5-10(6-8-13)17(24)21-22-18(25)15-11-3-4-12(9-11)16(15)19(26)27/h3-8,11-12,15-16H,2,9H2,1H3,(H,20,23)(H,21,24)(H,22,25)(H,26,27)/t11-,12-,15+,16+/m0/s1. The summed E-state index contributed by atoms with van der Waals surface area (Å²) in [6.07, 6.45) is 4.72. The number of hydrogen-bond acceptors (Lipinski definition) is 4. The van der Waals surface area contributed by atoms with Gasteiger partial charge < -0.3 is 10.4 Å². The second-order valence-corrected chi connectivity index (χ2v) is 6.76. The van der Waals surface area contributed by atoms with Crippen molar-refractivity contribution in [2.75, 3.05) is 5.32 Å². The molecule has 2 bridgehead atoms. The summed E-state index contributed by atoms with van der Waals surface area (Å²) >= 11 is 0. The Morgan fingerprint density at radius 2 is 1.63 bits per heavy atom. The lowest BCUT2D eigenvalue weighted by Gasteiger charge is -2.23. The van der Waals surface area contributed by atoms with Gasteiger partial charge in [-0.05, 0) is 42.5 Å². The Bertz CT molecular complexity index is 802. The first-order valence-electron chi connectivity index (χ1n) is 8.82. The van der Waals surface area contributed by atoms with Crippen molar-refractivity contribution in [2.45, 2.75) is 19.8 Å². The number of carbonyl (C=O) groups is 4. The van der Waals surface area contributed by atoms with E-state index in [2.05, 4.69) is 16.2 Å². The molecule has 1 saturated carbocycles. The smallest absolute Gasteiger partial charge is 0.307 e. The number of allylic oxidation sites excluding steroid dienone is 2. The number of benzene rings is 1. The van der Waals surface area contributed by atoms with Gasteiger partial charge in [-0.1, -0.05) is 19.1 Å². The molecule has 0 unspecified atom stereocenters. The van der Waals surface area contributed by atoms with E-state index in [1.807, 2.05) is 12.2 Å². The summed E-state index contributed by atoms with van der Waals surface area (Å²) in [5, 5.41) is 12.1. The molecule has 0 aliphatic heterocycles. The number of hydrazine groups is 1. The molecule has 2 aliphatic carbocycles. The monoisotopic (exact) mass is 371 g/mol. The van der Waals surface area contributed by atoms with Crippen LogP contribution in [-0.2, 0) is 14.4 Å². The fourth-order valence-corrected chi connectivity index (χ4v) is 3.74. The predicted molar refractivity (Wildman–Crippen MR) is 96.3 cm³/mol. The van der Waals surface area contributed by atoms with Crippen LogP contribution in [0, 0.1) is 23.7 Å². The van der Waals surface area contributed by atoms with Crippen molar-refractivity contribution < 1.29 is 24.3 Å². The Balaban J connectivity index is 1.57. The number of fused-ring (bicyclic) bond motifs is 2. The van der Waals surface area contributed by atoms with Crippen LogP contribution in [0.3, 0.4) is 0 Å². The van der Waals surface area contributed by atoms with Crippen LogP contribution in [0.4, 0.5) is 5.69 Å². The number of carboxylic acids is 1. The normalized spacial score (nSPS) is 25.1. The molecule has 142 valence electrons. The highest BCUT2D eigenvalue weighted by Crippen LogP contribution is 2.48. The lowest BCUT2D eigenvalue weighted by molar-refractivity contribution is -0.148. The van der Waals surface area contributed by atoms with Crippen molar-refractivity contribution >= 4 is 29.4 Å². The van der Waals surface area contributed by atoms with Gasteiger partial charge in [-0.15, -0.1) is 0 Å². The van der Waals surface area contributed by atoms with Crippen molar-refractivity contribution in [3.8, 4) is 0 Å². The van der Waals surface area contributed by atoms with Gasteiger partial charge in [0.1, 0.15) is 0 Å². The zero-order valence-electron chi connectivity index (χ0n) is 14.8. The molecular weight excluding hydrogens is 350 g/mol. The van der Waals surface area contributed by atoms with Crippen molar-refractivity contribution in [3.63, 3.8) is 0 Å². The first-order chi connectivity index (χ1) is 12.9. The number of anilines is 1. The second-order valence-electron chi connectivity index (χ2n) is 6.76. The first kappa shape index (κ1) is 18.6. The van der Waals surface area contributed by atoms with E-state index < -0.39 is 29.6 Å². The molecule has 0 radical (unpaired) electrons. The van der Waals surface area contributed by atoms with E-state index in [1.165, 1.54) is 12.1 Å². The molecule has 1 fully saturated rings. The van der Waals surface area contributed by atoms with E-state index in [-0.39, 0.29) is 17.7 Å². The summed E-state index contributed by atoms with van der Waals surface area (Å²) < 4.78 is 0. The molecule has 8 nitrogen and oxygen atoms in total. The van der Waals surface area contributed by atoms with Gasteiger partial charge in [-0.3, -0.25) is 30.0 Å². The molecule has 0 heterocycles. The topological polar surface area (TPSA) is 125 Å². The third-order valence-electron chi connectivity index (χ3n) is 5.10. The molecule has 0 saturated heterocycles. The highest BCUT2D eigenvalue weighted by atomic mass is 16.4. The fraction of sp³-hybridized carbons (Fsp3) is 0.368. The minimum atomic E-state index is -0.997.